The third-order valence-electron chi connectivity index (χ3n) is 4.20. The van der Waals surface area contributed by atoms with E-state index in [2.05, 4.69) is 57.2 Å². The fraction of sp³-hybridized carbons (Fsp3) is 0.333. The highest BCUT2D eigenvalue weighted by Gasteiger charge is 2.52. The average Bonchev–Trinajstić information content (AvgIpc) is 3.09. The van der Waals surface area contributed by atoms with Crippen molar-refractivity contribution in [1.82, 2.24) is 0 Å². The van der Waals surface area contributed by atoms with E-state index >= 15 is 0 Å². The first kappa shape index (κ1) is 9.95. The molecule has 0 unspecified atom stereocenters. The second-order valence-electron chi connectivity index (χ2n) is 5.47. The molecule has 1 saturated carbocycles. The Labute approximate surface area is 110 Å². The molecule has 1 saturated heterocycles. The van der Waals surface area contributed by atoms with Gasteiger partial charge in [-0.1, -0.05) is 40.2 Å². The van der Waals surface area contributed by atoms with E-state index in [9.17, 15) is 0 Å². The summed E-state index contributed by atoms with van der Waals surface area (Å²) in [5.74, 6) is 0. The van der Waals surface area contributed by atoms with Crippen LogP contribution in [0.4, 0.5) is 5.69 Å². The molecular weight excluding hydrogens is 274 g/mol. The molecule has 0 amide bonds. The van der Waals surface area contributed by atoms with E-state index in [1.54, 1.807) is 0 Å². The van der Waals surface area contributed by atoms with Crippen LogP contribution in [0.3, 0.4) is 0 Å². The molecule has 1 spiro atoms. The van der Waals surface area contributed by atoms with Gasteiger partial charge in [-0.15, -0.1) is 0 Å². The molecule has 17 heavy (non-hydrogen) atoms. The minimum Gasteiger partial charge on any atom is -0.370 e. The van der Waals surface area contributed by atoms with Gasteiger partial charge in [-0.05, 0) is 30.4 Å². The first-order chi connectivity index (χ1) is 8.27. The van der Waals surface area contributed by atoms with Gasteiger partial charge in [-0.25, -0.2) is 0 Å². The number of fused-ring (bicyclic) bond motifs is 1. The van der Waals surface area contributed by atoms with Crippen LogP contribution in [-0.4, -0.2) is 13.1 Å². The summed E-state index contributed by atoms with van der Waals surface area (Å²) in [6, 6.07) is 13.1. The third kappa shape index (κ3) is 1.43. The molecule has 4 rings (SSSR count). The van der Waals surface area contributed by atoms with Gasteiger partial charge in [0, 0.05) is 34.1 Å². The Morgan fingerprint density at radius 3 is 2.35 bits per heavy atom. The molecule has 2 aromatic rings. The molecule has 2 aliphatic rings. The van der Waals surface area contributed by atoms with Crippen LogP contribution in [0.2, 0.25) is 0 Å². The molecule has 0 radical (unpaired) electrons. The van der Waals surface area contributed by atoms with E-state index in [0.29, 0.717) is 5.41 Å². The summed E-state index contributed by atoms with van der Waals surface area (Å²) < 4.78 is 1.19. The molecule has 2 aromatic carbocycles. The zero-order valence-electron chi connectivity index (χ0n) is 9.62. The fourth-order valence-corrected chi connectivity index (χ4v) is 3.43. The van der Waals surface area contributed by atoms with Crippen molar-refractivity contribution in [2.45, 2.75) is 12.8 Å². The van der Waals surface area contributed by atoms with Crippen molar-refractivity contribution in [2.75, 3.05) is 18.0 Å². The van der Waals surface area contributed by atoms with E-state index in [-0.39, 0.29) is 0 Å². The second-order valence-corrected chi connectivity index (χ2v) is 6.32. The van der Waals surface area contributed by atoms with Crippen molar-refractivity contribution >= 4 is 32.4 Å². The normalized spacial score (nSPS) is 20.6. The third-order valence-corrected chi connectivity index (χ3v) is 4.89. The molecule has 1 aliphatic carbocycles. The topological polar surface area (TPSA) is 3.24 Å². The first-order valence-corrected chi connectivity index (χ1v) is 6.99. The van der Waals surface area contributed by atoms with Crippen LogP contribution < -0.4 is 4.90 Å². The van der Waals surface area contributed by atoms with Crippen LogP contribution in [0.15, 0.2) is 40.9 Å². The fourth-order valence-electron chi connectivity index (χ4n) is 2.95. The van der Waals surface area contributed by atoms with Crippen molar-refractivity contribution in [2.24, 2.45) is 5.41 Å². The van der Waals surface area contributed by atoms with Crippen LogP contribution in [0.1, 0.15) is 12.8 Å². The molecule has 0 aromatic heterocycles. The Kier molecular flexibility index (Phi) is 1.91. The van der Waals surface area contributed by atoms with Crippen molar-refractivity contribution < 1.29 is 0 Å². The lowest BCUT2D eigenvalue weighted by molar-refractivity contribution is 0.388. The number of benzene rings is 2. The zero-order valence-corrected chi connectivity index (χ0v) is 11.2. The molecule has 2 fully saturated rings. The minimum atomic E-state index is 0.716. The highest BCUT2D eigenvalue weighted by atomic mass is 79.9. The van der Waals surface area contributed by atoms with Crippen molar-refractivity contribution in [3.63, 3.8) is 0 Å². The number of hydrogen-bond donors (Lipinski definition) is 0. The molecule has 0 atom stereocenters. The Morgan fingerprint density at radius 2 is 1.65 bits per heavy atom. The molecule has 86 valence electrons. The van der Waals surface area contributed by atoms with Crippen LogP contribution >= 0.6 is 15.9 Å². The Morgan fingerprint density at radius 1 is 0.941 bits per heavy atom. The summed E-state index contributed by atoms with van der Waals surface area (Å²) in [4.78, 5) is 2.53. The van der Waals surface area contributed by atoms with Crippen LogP contribution in [-0.2, 0) is 0 Å². The Balaban J connectivity index is 1.82. The summed E-state index contributed by atoms with van der Waals surface area (Å²) in [5.41, 5.74) is 2.12. The Bertz CT molecular complexity index is 593. The quantitative estimate of drug-likeness (QED) is 0.760. The maximum Gasteiger partial charge on any atom is 0.0447 e. The van der Waals surface area contributed by atoms with E-state index < -0.39 is 0 Å². The Hall–Kier alpha value is -1.02. The summed E-state index contributed by atoms with van der Waals surface area (Å²) in [6.45, 7) is 2.53. The molecular formula is C15H14BrN. The van der Waals surface area contributed by atoms with E-state index in [4.69, 9.17) is 0 Å². The van der Waals surface area contributed by atoms with Gasteiger partial charge in [0.15, 0.2) is 0 Å². The summed E-state index contributed by atoms with van der Waals surface area (Å²) in [5, 5.41) is 2.69. The lowest BCUT2D eigenvalue weighted by Crippen LogP contribution is -2.48. The predicted octanol–water partition coefficient (Wildman–Crippen LogP) is 4.20. The molecule has 2 heteroatoms. The van der Waals surface area contributed by atoms with Gasteiger partial charge in [0.25, 0.3) is 0 Å². The maximum atomic E-state index is 3.64. The number of halogens is 1. The first-order valence-electron chi connectivity index (χ1n) is 6.20. The highest BCUT2D eigenvalue weighted by molar-refractivity contribution is 9.10. The van der Waals surface area contributed by atoms with Gasteiger partial charge in [-0.2, -0.15) is 0 Å². The standard InChI is InChI=1S/C15H14BrN/c16-13-5-6-14(12-4-2-1-3-11(12)13)17-9-15(10-17)7-8-15/h1-6H,7-10H2. The lowest BCUT2D eigenvalue weighted by Gasteiger charge is -2.42. The van der Waals surface area contributed by atoms with Gasteiger partial charge in [0.2, 0.25) is 0 Å². The SMILES string of the molecule is Brc1ccc(N2CC3(CC3)C2)c2ccccc12. The summed E-state index contributed by atoms with van der Waals surface area (Å²) >= 11 is 3.64. The minimum absolute atomic E-state index is 0.716. The summed E-state index contributed by atoms with van der Waals surface area (Å²) in [7, 11) is 0. The van der Waals surface area contributed by atoms with Crippen molar-refractivity contribution in [1.29, 1.82) is 0 Å². The van der Waals surface area contributed by atoms with Gasteiger partial charge in [0.05, 0.1) is 0 Å². The lowest BCUT2D eigenvalue weighted by atomic mass is 9.94. The van der Waals surface area contributed by atoms with Crippen LogP contribution in [0, 0.1) is 5.41 Å². The molecule has 1 aliphatic heterocycles. The molecule has 0 bridgehead atoms. The number of rotatable bonds is 1. The number of anilines is 1. The van der Waals surface area contributed by atoms with Gasteiger partial charge < -0.3 is 4.90 Å². The van der Waals surface area contributed by atoms with E-state index in [0.717, 1.165) is 0 Å². The van der Waals surface area contributed by atoms with Gasteiger partial charge in [-0.3, -0.25) is 0 Å². The predicted molar refractivity (Wildman–Crippen MR) is 75.5 cm³/mol. The van der Waals surface area contributed by atoms with Crippen molar-refractivity contribution in [3.05, 3.63) is 40.9 Å². The van der Waals surface area contributed by atoms with E-state index in [1.807, 2.05) is 0 Å². The van der Waals surface area contributed by atoms with Gasteiger partial charge in [0.1, 0.15) is 0 Å². The van der Waals surface area contributed by atoms with Crippen molar-refractivity contribution in [3.8, 4) is 0 Å². The maximum absolute atomic E-state index is 3.64. The van der Waals surface area contributed by atoms with Crippen LogP contribution in [0.5, 0.6) is 0 Å². The largest absolute Gasteiger partial charge is 0.370 e. The average molecular weight is 288 g/mol. The molecule has 0 N–H and O–H groups in total. The number of nitrogens with zero attached hydrogens (tertiary/aromatic N) is 1. The molecule has 1 heterocycles. The van der Waals surface area contributed by atoms with Gasteiger partial charge >= 0.3 is 0 Å². The molecule has 1 nitrogen and oxygen atoms in total. The smallest absolute Gasteiger partial charge is 0.0447 e. The monoisotopic (exact) mass is 287 g/mol. The highest BCUT2D eigenvalue weighted by Crippen LogP contribution is 2.54. The zero-order chi connectivity index (χ0) is 11.5. The number of hydrogen-bond acceptors (Lipinski definition) is 1. The summed E-state index contributed by atoms with van der Waals surface area (Å²) in [6.07, 6.45) is 2.88. The van der Waals surface area contributed by atoms with E-state index in [1.165, 1.54) is 46.9 Å². The van der Waals surface area contributed by atoms with Crippen LogP contribution in [0.25, 0.3) is 10.8 Å². The second kappa shape index (κ2) is 3.26.